The van der Waals surface area contributed by atoms with Gasteiger partial charge in [0.15, 0.2) is 0 Å². The summed E-state index contributed by atoms with van der Waals surface area (Å²) >= 11 is 0. The highest BCUT2D eigenvalue weighted by Crippen LogP contribution is 2.61. The van der Waals surface area contributed by atoms with Gasteiger partial charge in [-0.05, 0) is 49.4 Å². The van der Waals surface area contributed by atoms with Gasteiger partial charge in [-0.1, -0.05) is 26.0 Å². The molecular formula is C16H28O3. The molecule has 2 rings (SSSR count). The minimum absolute atomic E-state index is 0.0345. The predicted molar refractivity (Wildman–Crippen MR) is 75.6 cm³/mol. The largest absolute Gasteiger partial charge is 0.396 e. The Hall–Kier alpha value is -0.380. The van der Waals surface area contributed by atoms with Gasteiger partial charge in [0, 0.05) is 12.0 Å². The molecule has 0 aromatic heterocycles. The molecule has 2 saturated carbocycles. The molecule has 0 spiro atoms. The monoisotopic (exact) mass is 268 g/mol. The quantitative estimate of drug-likeness (QED) is 0.687. The van der Waals surface area contributed by atoms with Crippen molar-refractivity contribution < 1.29 is 15.3 Å². The molecule has 2 aliphatic carbocycles. The van der Waals surface area contributed by atoms with Crippen LogP contribution in [0, 0.1) is 22.7 Å². The van der Waals surface area contributed by atoms with Crippen molar-refractivity contribution in [1.82, 2.24) is 0 Å². The van der Waals surface area contributed by atoms with Gasteiger partial charge in [0.1, 0.15) is 0 Å². The van der Waals surface area contributed by atoms with E-state index in [0.29, 0.717) is 11.8 Å². The van der Waals surface area contributed by atoms with Crippen molar-refractivity contribution in [3.63, 3.8) is 0 Å². The highest BCUT2D eigenvalue weighted by molar-refractivity contribution is 5.17. The zero-order valence-electron chi connectivity index (χ0n) is 12.2. The Morgan fingerprint density at radius 1 is 1.26 bits per heavy atom. The van der Waals surface area contributed by atoms with E-state index in [-0.39, 0.29) is 18.6 Å². The highest BCUT2D eigenvalue weighted by atomic mass is 16.3. The fraction of sp³-hybridized carbons (Fsp3) is 0.875. The van der Waals surface area contributed by atoms with Crippen LogP contribution in [-0.2, 0) is 0 Å². The molecule has 0 saturated heterocycles. The Labute approximate surface area is 116 Å². The van der Waals surface area contributed by atoms with Gasteiger partial charge in [-0.15, -0.1) is 0 Å². The van der Waals surface area contributed by atoms with Crippen LogP contribution in [-0.4, -0.2) is 34.6 Å². The molecule has 3 nitrogen and oxygen atoms in total. The fourth-order valence-corrected chi connectivity index (χ4v) is 4.86. The Balaban J connectivity index is 2.37. The normalized spacial score (nSPS) is 47.0. The zero-order chi connectivity index (χ0) is 14.3. The zero-order valence-corrected chi connectivity index (χ0v) is 12.2. The summed E-state index contributed by atoms with van der Waals surface area (Å²) in [5.41, 5.74) is 0.875. The van der Waals surface area contributed by atoms with E-state index in [9.17, 15) is 15.3 Å². The van der Waals surface area contributed by atoms with Crippen molar-refractivity contribution in [2.24, 2.45) is 22.7 Å². The number of allylic oxidation sites excluding steroid dienone is 1. The number of hydrogen-bond donors (Lipinski definition) is 3. The summed E-state index contributed by atoms with van der Waals surface area (Å²) in [7, 11) is 0. The van der Waals surface area contributed by atoms with E-state index in [2.05, 4.69) is 13.5 Å². The third-order valence-corrected chi connectivity index (χ3v) is 6.11. The van der Waals surface area contributed by atoms with Crippen molar-refractivity contribution in [1.29, 1.82) is 0 Å². The van der Waals surface area contributed by atoms with Crippen molar-refractivity contribution in [3.05, 3.63) is 12.2 Å². The topological polar surface area (TPSA) is 60.7 Å². The molecule has 3 heteroatoms. The summed E-state index contributed by atoms with van der Waals surface area (Å²) in [6, 6.07) is 0. The second-order valence-corrected chi connectivity index (χ2v) is 7.04. The molecule has 0 amide bonds. The van der Waals surface area contributed by atoms with Crippen LogP contribution >= 0.6 is 0 Å². The molecule has 0 aromatic carbocycles. The lowest BCUT2D eigenvalue weighted by molar-refractivity contribution is -0.153. The maximum Gasteiger partial charge on any atom is 0.0618 e. The summed E-state index contributed by atoms with van der Waals surface area (Å²) in [6.07, 6.45) is 3.97. The van der Waals surface area contributed by atoms with Gasteiger partial charge >= 0.3 is 0 Å². The van der Waals surface area contributed by atoms with Crippen molar-refractivity contribution >= 4 is 0 Å². The number of hydrogen-bond acceptors (Lipinski definition) is 3. The maximum absolute atomic E-state index is 10.3. The van der Waals surface area contributed by atoms with Crippen LogP contribution in [0.2, 0.25) is 0 Å². The Morgan fingerprint density at radius 2 is 1.95 bits per heavy atom. The van der Waals surface area contributed by atoms with E-state index < -0.39 is 11.5 Å². The molecule has 5 atom stereocenters. The van der Waals surface area contributed by atoms with Gasteiger partial charge in [-0.25, -0.2) is 0 Å². The first-order valence-electron chi connectivity index (χ1n) is 7.47. The van der Waals surface area contributed by atoms with Crippen LogP contribution in [0.4, 0.5) is 0 Å². The lowest BCUT2D eigenvalue weighted by Crippen LogP contribution is -2.57. The average Bonchev–Trinajstić information content (AvgIpc) is 2.39. The highest BCUT2D eigenvalue weighted by Gasteiger charge is 2.57. The van der Waals surface area contributed by atoms with Gasteiger partial charge < -0.3 is 15.3 Å². The van der Waals surface area contributed by atoms with E-state index >= 15 is 0 Å². The molecule has 0 bridgehead atoms. The van der Waals surface area contributed by atoms with Crippen LogP contribution in [0.25, 0.3) is 0 Å². The molecule has 2 aliphatic rings. The number of aliphatic hydroxyl groups is 3. The van der Waals surface area contributed by atoms with E-state index in [1.54, 1.807) is 0 Å². The number of fused-ring (bicyclic) bond motifs is 1. The van der Waals surface area contributed by atoms with Gasteiger partial charge in [-0.2, -0.15) is 0 Å². The summed E-state index contributed by atoms with van der Waals surface area (Å²) in [6.45, 7) is 8.71. The Bertz CT molecular complexity index is 354. The SMILES string of the molecule is C=C1CCC2[C@](C)(CO)[C@H](O)CC[C@@]2(C)[C@@H]1CCO. The number of rotatable bonds is 3. The van der Waals surface area contributed by atoms with Crippen molar-refractivity contribution in [3.8, 4) is 0 Å². The van der Waals surface area contributed by atoms with Gasteiger partial charge in [0.05, 0.1) is 12.7 Å². The molecular weight excluding hydrogens is 240 g/mol. The second kappa shape index (κ2) is 5.19. The fourth-order valence-electron chi connectivity index (χ4n) is 4.86. The molecule has 0 radical (unpaired) electrons. The third kappa shape index (κ3) is 2.16. The smallest absolute Gasteiger partial charge is 0.0618 e. The maximum atomic E-state index is 10.3. The molecule has 0 aliphatic heterocycles. The first kappa shape index (κ1) is 15.0. The van der Waals surface area contributed by atoms with Gasteiger partial charge in [0.25, 0.3) is 0 Å². The lowest BCUT2D eigenvalue weighted by atomic mass is 9.46. The van der Waals surface area contributed by atoms with E-state index in [0.717, 1.165) is 32.1 Å². The Kier molecular flexibility index (Phi) is 4.10. The predicted octanol–water partition coefficient (Wildman–Crippen LogP) is 2.11. The molecule has 0 heterocycles. The van der Waals surface area contributed by atoms with Gasteiger partial charge in [-0.3, -0.25) is 0 Å². The second-order valence-electron chi connectivity index (χ2n) is 7.04. The molecule has 2 fully saturated rings. The summed E-state index contributed by atoms with van der Waals surface area (Å²) in [4.78, 5) is 0. The van der Waals surface area contributed by atoms with E-state index in [1.807, 2.05) is 6.92 Å². The van der Waals surface area contributed by atoms with Crippen molar-refractivity contribution in [2.45, 2.75) is 52.1 Å². The van der Waals surface area contributed by atoms with E-state index in [1.165, 1.54) is 5.57 Å². The molecule has 110 valence electrons. The summed E-state index contributed by atoms with van der Waals surface area (Å²) in [5.74, 6) is 0.616. The number of aliphatic hydroxyl groups excluding tert-OH is 3. The third-order valence-electron chi connectivity index (χ3n) is 6.11. The summed E-state index contributed by atoms with van der Waals surface area (Å²) in [5, 5.41) is 29.5. The molecule has 3 N–H and O–H groups in total. The molecule has 1 unspecified atom stereocenters. The molecule has 19 heavy (non-hydrogen) atoms. The first-order valence-corrected chi connectivity index (χ1v) is 7.47. The Morgan fingerprint density at radius 3 is 2.53 bits per heavy atom. The standard InChI is InChI=1S/C16H28O3/c1-11-4-5-13-15(2,12(11)7-9-17)8-6-14(19)16(13,3)10-18/h12-14,17-19H,1,4-10H2,2-3H3/t12-,13?,14-,15+,16+/m1/s1. The minimum atomic E-state index is -0.420. The van der Waals surface area contributed by atoms with Crippen LogP contribution in [0.3, 0.4) is 0 Å². The van der Waals surface area contributed by atoms with Crippen molar-refractivity contribution in [2.75, 3.05) is 13.2 Å². The van der Waals surface area contributed by atoms with Crippen LogP contribution < -0.4 is 0 Å². The summed E-state index contributed by atoms with van der Waals surface area (Å²) < 4.78 is 0. The van der Waals surface area contributed by atoms with E-state index in [4.69, 9.17) is 0 Å². The van der Waals surface area contributed by atoms with Gasteiger partial charge in [0.2, 0.25) is 0 Å². The molecule has 0 aromatic rings. The lowest BCUT2D eigenvalue weighted by Gasteiger charge is -2.59. The van der Waals surface area contributed by atoms with Crippen LogP contribution in [0.1, 0.15) is 46.0 Å². The van der Waals surface area contributed by atoms with Crippen LogP contribution in [0.15, 0.2) is 12.2 Å². The van der Waals surface area contributed by atoms with Crippen LogP contribution in [0.5, 0.6) is 0 Å². The first-order chi connectivity index (χ1) is 8.90. The average molecular weight is 268 g/mol. The minimum Gasteiger partial charge on any atom is -0.396 e.